The number of halogens is 1. The van der Waals surface area contributed by atoms with Crippen LogP contribution in [0.15, 0.2) is 46.6 Å². The number of carbonyl (C=O) groups is 2. The molecule has 0 aliphatic rings. The number of nitro groups is 2. The van der Waals surface area contributed by atoms with Crippen LogP contribution in [0.4, 0.5) is 32.8 Å². The van der Waals surface area contributed by atoms with Crippen molar-refractivity contribution in [3.05, 3.63) is 62.4 Å². The zero-order chi connectivity index (χ0) is 25.3. The molecule has 0 fully saturated rings. The topological polar surface area (TPSA) is 167 Å². The molecule has 0 spiro atoms. The molecule has 0 saturated heterocycles. The number of carbonyl (C=O) groups excluding carboxylic acids is 2. The number of nitro benzene ring substituents is 2. The van der Waals surface area contributed by atoms with Crippen LogP contribution in [-0.2, 0) is 19.1 Å². The van der Waals surface area contributed by atoms with Gasteiger partial charge < -0.3 is 14.4 Å². The average Bonchev–Trinajstić information content (AvgIpc) is 2.82. The van der Waals surface area contributed by atoms with E-state index in [1.807, 2.05) is 0 Å². The molecule has 0 N–H and O–H groups in total. The van der Waals surface area contributed by atoms with Crippen LogP contribution in [0.25, 0.3) is 0 Å². The van der Waals surface area contributed by atoms with Gasteiger partial charge in [0.2, 0.25) is 5.82 Å². The van der Waals surface area contributed by atoms with Crippen molar-refractivity contribution < 1.29 is 33.3 Å². The van der Waals surface area contributed by atoms with E-state index in [9.17, 15) is 34.2 Å². The number of rotatable bonds is 11. The Hall–Kier alpha value is -4.49. The predicted molar refractivity (Wildman–Crippen MR) is 116 cm³/mol. The Labute approximate surface area is 192 Å². The van der Waals surface area contributed by atoms with Gasteiger partial charge in [0.05, 0.1) is 48.7 Å². The minimum Gasteiger partial charge on any atom is -0.469 e. The summed E-state index contributed by atoms with van der Waals surface area (Å²) in [4.78, 5) is 44.7. The van der Waals surface area contributed by atoms with Crippen LogP contribution in [0.3, 0.4) is 0 Å². The highest BCUT2D eigenvalue weighted by molar-refractivity contribution is 5.71. The fourth-order valence-corrected chi connectivity index (χ4v) is 2.77. The van der Waals surface area contributed by atoms with E-state index >= 15 is 0 Å². The van der Waals surface area contributed by atoms with E-state index in [1.54, 1.807) is 17.0 Å². The minimum atomic E-state index is -1.29. The molecule has 14 heteroatoms. The summed E-state index contributed by atoms with van der Waals surface area (Å²) in [6.45, 7) is 0.525. The monoisotopic (exact) mass is 477 g/mol. The highest BCUT2D eigenvalue weighted by Gasteiger charge is 2.25. The quantitative estimate of drug-likeness (QED) is 0.201. The average molecular weight is 477 g/mol. The van der Waals surface area contributed by atoms with Gasteiger partial charge in [0.1, 0.15) is 0 Å². The fourth-order valence-electron chi connectivity index (χ4n) is 2.77. The van der Waals surface area contributed by atoms with E-state index in [2.05, 4.69) is 19.7 Å². The molecule has 180 valence electrons. The normalized spacial score (nSPS) is 10.7. The third kappa shape index (κ3) is 7.01. The van der Waals surface area contributed by atoms with Crippen LogP contribution in [0.1, 0.15) is 12.8 Å². The van der Waals surface area contributed by atoms with Crippen molar-refractivity contribution in [2.45, 2.75) is 12.8 Å². The summed E-state index contributed by atoms with van der Waals surface area (Å²) >= 11 is 0. The van der Waals surface area contributed by atoms with E-state index in [0.717, 1.165) is 0 Å². The SMILES string of the molecule is COC(=O)CCN(CCC(=O)OC)c1ccc(/N=N/c2cc(F)c([N+](=O)[O-])cc2[N+](=O)[O-])cc1. The van der Waals surface area contributed by atoms with Crippen LogP contribution in [-0.4, -0.2) is 49.1 Å². The standard InChI is InChI=1S/C20H20FN5O8/c1-33-19(27)7-9-24(10-8-20(28)34-2)14-5-3-13(4-6-14)22-23-16-11-15(21)17(25(29)30)12-18(16)26(31)32/h3-6,11-12H,7-10H2,1-2H3/b23-22+. The predicted octanol–water partition coefficient (Wildman–Crippen LogP) is 3.99. The number of methoxy groups -OCH3 is 2. The van der Waals surface area contributed by atoms with Gasteiger partial charge in [-0.15, -0.1) is 5.11 Å². The van der Waals surface area contributed by atoms with Gasteiger partial charge >= 0.3 is 23.3 Å². The Balaban J connectivity index is 2.25. The number of hydrogen-bond acceptors (Lipinski definition) is 11. The Morgan fingerprint density at radius 1 is 0.912 bits per heavy atom. The third-order valence-corrected chi connectivity index (χ3v) is 4.55. The van der Waals surface area contributed by atoms with E-state index in [4.69, 9.17) is 0 Å². The smallest absolute Gasteiger partial charge is 0.311 e. The Morgan fingerprint density at radius 2 is 1.44 bits per heavy atom. The van der Waals surface area contributed by atoms with Crippen molar-refractivity contribution in [3.63, 3.8) is 0 Å². The van der Waals surface area contributed by atoms with Gasteiger partial charge in [0, 0.05) is 24.8 Å². The van der Waals surface area contributed by atoms with Gasteiger partial charge in [-0.1, -0.05) is 0 Å². The zero-order valence-electron chi connectivity index (χ0n) is 18.2. The van der Waals surface area contributed by atoms with Crippen molar-refractivity contribution in [1.29, 1.82) is 0 Å². The lowest BCUT2D eigenvalue weighted by Gasteiger charge is -2.24. The third-order valence-electron chi connectivity index (χ3n) is 4.55. The highest BCUT2D eigenvalue weighted by Crippen LogP contribution is 2.35. The summed E-state index contributed by atoms with van der Waals surface area (Å²) in [6, 6.07) is 7.30. The number of esters is 2. The van der Waals surface area contributed by atoms with E-state index < -0.39 is 44.7 Å². The number of anilines is 1. The first kappa shape index (κ1) is 25.8. The van der Waals surface area contributed by atoms with Crippen molar-refractivity contribution in [2.75, 3.05) is 32.2 Å². The second kappa shape index (κ2) is 11.9. The molecule has 0 unspecified atom stereocenters. The van der Waals surface area contributed by atoms with Gasteiger partial charge in [-0.25, -0.2) is 0 Å². The van der Waals surface area contributed by atoms with Crippen LogP contribution >= 0.6 is 0 Å². The Kier molecular flexibility index (Phi) is 9.05. The molecule has 0 aliphatic heterocycles. The Morgan fingerprint density at radius 3 is 1.91 bits per heavy atom. The summed E-state index contributed by atoms with van der Waals surface area (Å²) in [5.74, 6) is -2.14. The van der Waals surface area contributed by atoms with Crippen molar-refractivity contribution >= 4 is 40.4 Å². The lowest BCUT2D eigenvalue weighted by atomic mass is 10.2. The molecule has 2 aromatic carbocycles. The lowest BCUT2D eigenvalue weighted by Crippen LogP contribution is -2.29. The van der Waals surface area contributed by atoms with Gasteiger partial charge in [-0.3, -0.25) is 29.8 Å². The summed E-state index contributed by atoms with van der Waals surface area (Å²) < 4.78 is 23.2. The van der Waals surface area contributed by atoms with Crippen LogP contribution in [0, 0.1) is 26.0 Å². The second-order valence-corrected chi connectivity index (χ2v) is 6.66. The first-order chi connectivity index (χ1) is 16.2. The number of hydrogen-bond donors (Lipinski definition) is 0. The summed E-state index contributed by atoms with van der Waals surface area (Å²) in [5.41, 5.74) is -1.42. The maximum Gasteiger partial charge on any atom is 0.311 e. The molecule has 0 heterocycles. The van der Waals surface area contributed by atoms with E-state index in [1.165, 1.54) is 26.4 Å². The van der Waals surface area contributed by atoms with Crippen LogP contribution < -0.4 is 4.90 Å². The van der Waals surface area contributed by atoms with E-state index in [0.29, 0.717) is 17.8 Å². The minimum absolute atomic E-state index is 0.0779. The zero-order valence-corrected chi connectivity index (χ0v) is 18.2. The van der Waals surface area contributed by atoms with Gasteiger partial charge in [-0.05, 0) is 24.3 Å². The number of ether oxygens (including phenoxy) is 2. The Bertz CT molecular complexity index is 1090. The lowest BCUT2D eigenvalue weighted by molar-refractivity contribution is -0.395. The summed E-state index contributed by atoms with van der Waals surface area (Å²) in [7, 11) is 2.53. The molecular weight excluding hydrogens is 457 g/mol. The molecule has 0 atom stereocenters. The van der Waals surface area contributed by atoms with Crippen molar-refractivity contribution in [2.24, 2.45) is 10.2 Å². The van der Waals surface area contributed by atoms with Crippen LogP contribution in [0.5, 0.6) is 0 Å². The molecule has 0 aliphatic carbocycles. The maximum absolute atomic E-state index is 13.9. The molecular formula is C20H20FN5O8. The first-order valence-corrected chi connectivity index (χ1v) is 9.69. The van der Waals surface area contributed by atoms with Gasteiger partial charge in [0.15, 0.2) is 5.69 Å². The molecule has 13 nitrogen and oxygen atoms in total. The molecule has 34 heavy (non-hydrogen) atoms. The van der Waals surface area contributed by atoms with Crippen molar-refractivity contribution in [1.82, 2.24) is 0 Å². The molecule has 0 radical (unpaired) electrons. The van der Waals surface area contributed by atoms with Gasteiger partial charge in [0.25, 0.3) is 0 Å². The first-order valence-electron chi connectivity index (χ1n) is 9.69. The number of azo groups is 1. The summed E-state index contributed by atoms with van der Waals surface area (Å²) in [6.07, 6.45) is 0.156. The highest BCUT2D eigenvalue weighted by atomic mass is 19.1. The second-order valence-electron chi connectivity index (χ2n) is 6.66. The molecule has 2 rings (SSSR count). The van der Waals surface area contributed by atoms with Crippen molar-refractivity contribution in [3.8, 4) is 0 Å². The largest absolute Gasteiger partial charge is 0.469 e. The number of nitrogens with zero attached hydrogens (tertiary/aromatic N) is 5. The fraction of sp³-hybridized carbons (Fsp3) is 0.300. The molecule has 0 saturated carbocycles. The van der Waals surface area contributed by atoms with E-state index in [-0.39, 0.29) is 31.6 Å². The molecule has 0 bridgehead atoms. The molecule has 0 amide bonds. The van der Waals surface area contributed by atoms with Gasteiger partial charge in [-0.2, -0.15) is 9.50 Å². The molecule has 0 aromatic heterocycles. The van der Waals surface area contributed by atoms with Crippen LogP contribution in [0.2, 0.25) is 0 Å². The number of benzene rings is 2. The molecule has 2 aromatic rings. The maximum atomic E-state index is 13.9. The summed E-state index contributed by atoms with van der Waals surface area (Å²) in [5, 5.41) is 29.5.